The quantitative estimate of drug-likeness (QED) is 0.509. The Balaban J connectivity index is 3.23. The van der Waals surface area contributed by atoms with Gasteiger partial charge in [-0.25, -0.2) is 0 Å². The van der Waals surface area contributed by atoms with Crippen LogP contribution in [-0.4, -0.2) is 18.5 Å². The summed E-state index contributed by atoms with van der Waals surface area (Å²) in [5.41, 5.74) is 0. The highest BCUT2D eigenvalue weighted by atomic mass is 16.5. The van der Waals surface area contributed by atoms with Gasteiger partial charge >= 0.3 is 0 Å². The molecule has 0 spiro atoms. The number of aldehydes is 1. The molecule has 0 rings (SSSR count). The Morgan fingerprint density at radius 3 is 2.25 bits per heavy atom. The number of rotatable bonds is 3. The predicted octanol–water partition coefficient (Wildman–Crippen LogP) is 0.813. The SMILES string of the molecule is [CH2]C(C=O)OC(C)C. The maximum absolute atomic E-state index is 9.85. The van der Waals surface area contributed by atoms with Gasteiger partial charge in [-0.1, -0.05) is 0 Å². The molecule has 0 amide bonds. The van der Waals surface area contributed by atoms with Crippen LogP contribution in [0.25, 0.3) is 0 Å². The fourth-order valence-corrected chi connectivity index (χ4v) is 0.382. The van der Waals surface area contributed by atoms with Gasteiger partial charge in [-0.05, 0) is 20.8 Å². The van der Waals surface area contributed by atoms with E-state index in [1.54, 1.807) is 0 Å². The van der Waals surface area contributed by atoms with Crippen molar-refractivity contribution < 1.29 is 9.53 Å². The average molecular weight is 115 g/mol. The van der Waals surface area contributed by atoms with E-state index in [1.165, 1.54) is 0 Å². The molecule has 8 heavy (non-hydrogen) atoms. The molecule has 2 heteroatoms. The molecule has 0 N–H and O–H groups in total. The first-order chi connectivity index (χ1) is 3.66. The van der Waals surface area contributed by atoms with Crippen LogP contribution in [0, 0.1) is 6.92 Å². The van der Waals surface area contributed by atoms with E-state index in [1.807, 2.05) is 13.8 Å². The van der Waals surface area contributed by atoms with E-state index >= 15 is 0 Å². The summed E-state index contributed by atoms with van der Waals surface area (Å²) < 4.78 is 4.92. The molecule has 0 fully saturated rings. The van der Waals surface area contributed by atoms with Gasteiger partial charge in [-0.2, -0.15) is 0 Å². The van der Waals surface area contributed by atoms with Crippen molar-refractivity contribution >= 4 is 6.29 Å². The van der Waals surface area contributed by atoms with Gasteiger partial charge in [0, 0.05) is 0 Å². The fraction of sp³-hybridized carbons (Fsp3) is 0.667. The van der Waals surface area contributed by atoms with Crippen molar-refractivity contribution in [3.8, 4) is 0 Å². The summed E-state index contributed by atoms with van der Waals surface area (Å²) in [6.45, 7) is 7.13. The zero-order valence-corrected chi connectivity index (χ0v) is 5.26. The molecule has 1 atom stereocenters. The van der Waals surface area contributed by atoms with Crippen molar-refractivity contribution in [1.82, 2.24) is 0 Å². The van der Waals surface area contributed by atoms with E-state index in [9.17, 15) is 4.79 Å². The Bertz CT molecular complexity index is 68.9. The number of hydrogen-bond donors (Lipinski definition) is 0. The van der Waals surface area contributed by atoms with E-state index in [0.29, 0.717) is 6.29 Å². The van der Waals surface area contributed by atoms with Gasteiger partial charge in [0.05, 0.1) is 6.10 Å². The molecule has 2 nitrogen and oxygen atoms in total. The van der Waals surface area contributed by atoms with Gasteiger partial charge in [-0.15, -0.1) is 0 Å². The van der Waals surface area contributed by atoms with E-state index in [4.69, 9.17) is 4.74 Å². The highest BCUT2D eigenvalue weighted by Gasteiger charge is 1.99. The first-order valence-corrected chi connectivity index (χ1v) is 2.60. The van der Waals surface area contributed by atoms with Crippen molar-refractivity contribution in [3.63, 3.8) is 0 Å². The minimum absolute atomic E-state index is 0.0858. The summed E-state index contributed by atoms with van der Waals surface area (Å²) in [6.07, 6.45) is 0.262. The molecule has 0 aliphatic rings. The second-order valence-electron chi connectivity index (χ2n) is 1.86. The molecule has 0 aromatic heterocycles. The fourth-order valence-electron chi connectivity index (χ4n) is 0.382. The summed E-state index contributed by atoms with van der Waals surface area (Å²) in [5, 5.41) is 0. The van der Waals surface area contributed by atoms with Crippen molar-refractivity contribution in [2.24, 2.45) is 0 Å². The third kappa shape index (κ3) is 3.81. The highest BCUT2D eigenvalue weighted by molar-refractivity contribution is 5.56. The van der Waals surface area contributed by atoms with Gasteiger partial charge in [0.25, 0.3) is 0 Å². The van der Waals surface area contributed by atoms with Crippen LogP contribution >= 0.6 is 0 Å². The van der Waals surface area contributed by atoms with Crippen molar-refractivity contribution in [2.75, 3.05) is 0 Å². The third-order valence-corrected chi connectivity index (χ3v) is 0.599. The standard InChI is InChI=1S/C6H11O2/c1-5(2)8-6(3)4-7/h4-6H,3H2,1-2H3. The maximum Gasteiger partial charge on any atom is 0.148 e. The smallest absolute Gasteiger partial charge is 0.148 e. The minimum atomic E-state index is -0.505. The molecule has 0 aliphatic carbocycles. The van der Waals surface area contributed by atoms with Crippen molar-refractivity contribution in [2.45, 2.75) is 26.1 Å². The zero-order chi connectivity index (χ0) is 6.57. The van der Waals surface area contributed by atoms with E-state index in [0.717, 1.165) is 0 Å². The van der Waals surface area contributed by atoms with Crippen LogP contribution in [0.2, 0.25) is 0 Å². The second-order valence-corrected chi connectivity index (χ2v) is 1.86. The van der Waals surface area contributed by atoms with E-state index in [-0.39, 0.29) is 6.10 Å². The average Bonchev–Trinajstić information content (AvgIpc) is 1.65. The van der Waals surface area contributed by atoms with Crippen LogP contribution in [0.4, 0.5) is 0 Å². The topological polar surface area (TPSA) is 26.3 Å². The van der Waals surface area contributed by atoms with E-state index < -0.39 is 6.10 Å². The van der Waals surface area contributed by atoms with Crippen LogP contribution < -0.4 is 0 Å². The minimum Gasteiger partial charge on any atom is -0.368 e. The summed E-state index contributed by atoms with van der Waals surface area (Å²) in [4.78, 5) is 9.85. The Labute approximate surface area is 49.8 Å². The number of carbonyl (C=O) groups excluding carboxylic acids is 1. The number of ether oxygens (including phenoxy) is 1. The summed E-state index contributed by atoms with van der Waals surface area (Å²) in [5.74, 6) is 0. The van der Waals surface area contributed by atoms with Crippen LogP contribution in [0.1, 0.15) is 13.8 Å². The molecule has 0 heterocycles. The lowest BCUT2D eigenvalue weighted by molar-refractivity contribution is -0.117. The highest BCUT2D eigenvalue weighted by Crippen LogP contribution is 1.91. The van der Waals surface area contributed by atoms with E-state index in [2.05, 4.69) is 6.92 Å². The normalized spacial score (nSPS) is 14.0. The molecular formula is C6H11O2. The molecule has 1 radical (unpaired) electrons. The molecule has 1 unspecified atom stereocenters. The molecule has 0 aromatic carbocycles. The lowest BCUT2D eigenvalue weighted by Crippen LogP contribution is -2.15. The van der Waals surface area contributed by atoms with Crippen LogP contribution in [0.5, 0.6) is 0 Å². The molecule has 47 valence electrons. The van der Waals surface area contributed by atoms with Crippen molar-refractivity contribution in [1.29, 1.82) is 0 Å². The molecule has 0 saturated heterocycles. The van der Waals surface area contributed by atoms with Gasteiger partial charge < -0.3 is 9.53 Å². The number of hydrogen-bond acceptors (Lipinski definition) is 2. The Morgan fingerprint density at radius 1 is 1.62 bits per heavy atom. The molecule has 0 saturated carbocycles. The number of carbonyl (C=O) groups is 1. The van der Waals surface area contributed by atoms with Gasteiger partial charge in [0.1, 0.15) is 12.4 Å². The van der Waals surface area contributed by atoms with Crippen LogP contribution in [0.15, 0.2) is 0 Å². The predicted molar refractivity (Wildman–Crippen MR) is 31.4 cm³/mol. The lowest BCUT2D eigenvalue weighted by atomic mass is 10.4. The van der Waals surface area contributed by atoms with Crippen molar-refractivity contribution in [3.05, 3.63) is 6.92 Å². The Hall–Kier alpha value is -0.370. The van der Waals surface area contributed by atoms with Gasteiger partial charge in [0.2, 0.25) is 0 Å². The van der Waals surface area contributed by atoms with Gasteiger partial charge in [-0.3, -0.25) is 0 Å². The Kier molecular flexibility index (Phi) is 3.44. The van der Waals surface area contributed by atoms with Crippen LogP contribution in [-0.2, 0) is 9.53 Å². The molecule has 0 aromatic rings. The second kappa shape index (κ2) is 3.61. The Morgan fingerprint density at radius 2 is 2.12 bits per heavy atom. The van der Waals surface area contributed by atoms with Gasteiger partial charge in [0.15, 0.2) is 0 Å². The maximum atomic E-state index is 9.85. The van der Waals surface area contributed by atoms with Crippen LogP contribution in [0.3, 0.4) is 0 Å². The zero-order valence-electron chi connectivity index (χ0n) is 5.26. The molecular weight excluding hydrogens is 104 g/mol. The third-order valence-electron chi connectivity index (χ3n) is 0.599. The summed E-state index contributed by atoms with van der Waals surface area (Å²) >= 11 is 0. The molecule has 0 bridgehead atoms. The molecule has 0 aliphatic heterocycles. The lowest BCUT2D eigenvalue weighted by Gasteiger charge is -2.08. The first-order valence-electron chi connectivity index (χ1n) is 2.60. The summed E-state index contributed by atoms with van der Waals surface area (Å²) in [7, 11) is 0. The monoisotopic (exact) mass is 115 g/mol. The largest absolute Gasteiger partial charge is 0.368 e. The summed E-state index contributed by atoms with van der Waals surface area (Å²) in [6, 6.07) is 0. The first kappa shape index (κ1) is 7.63.